The Kier molecular flexibility index (Phi) is 7.23. The second-order valence-electron chi connectivity index (χ2n) is 4.43. The maximum absolute atomic E-state index is 5.22. The van der Waals surface area contributed by atoms with Crippen LogP contribution in [0.25, 0.3) is 0 Å². The number of aromatic nitrogens is 1. The number of hydrogen-bond donors (Lipinski definition) is 1. The second-order valence-corrected chi connectivity index (χ2v) is 5.54. The molecule has 0 bridgehead atoms. The molecule has 0 radical (unpaired) electrons. The number of likely N-dealkylation sites (N-methyl/N-ethyl adjacent to an activating group) is 1. The van der Waals surface area contributed by atoms with Crippen molar-refractivity contribution in [1.82, 2.24) is 9.88 Å². The summed E-state index contributed by atoms with van der Waals surface area (Å²) in [6.07, 6.45) is 3.10. The van der Waals surface area contributed by atoms with Gasteiger partial charge in [-0.25, -0.2) is 4.98 Å². The summed E-state index contributed by atoms with van der Waals surface area (Å²) in [4.78, 5) is 8.10. The third-order valence-corrected chi connectivity index (χ3v) is 3.82. The molecule has 0 aliphatic rings. The van der Waals surface area contributed by atoms with Crippen molar-refractivity contribution in [3.8, 4) is 0 Å². The number of methoxy groups -OCH3 is 1. The minimum atomic E-state index is 0.439. The number of nitrogens with one attached hydrogen (secondary N) is 1. The summed E-state index contributed by atoms with van der Waals surface area (Å²) in [6.45, 7) is 10.3. The highest BCUT2D eigenvalue weighted by Gasteiger charge is 2.13. The van der Waals surface area contributed by atoms with Crippen LogP contribution >= 0.6 is 11.3 Å². The molecule has 0 aliphatic heterocycles. The average molecular weight is 271 g/mol. The fraction of sp³-hybridized carbons (Fsp3) is 0.769. The van der Waals surface area contributed by atoms with E-state index < -0.39 is 0 Å². The maximum Gasteiger partial charge on any atom is 0.182 e. The summed E-state index contributed by atoms with van der Waals surface area (Å²) in [7, 11) is 1.75. The van der Waals surface area contributed by atoms with E-state index in [0.29, 0.717) is 6.04 Å². The molecule has 0 aromatic carbocycles. The van der Waals surface area contributed by atoms with Crippen LogP contribution in [0.4, 0.5) is 5.13 Å². The molecule has 0 aliphatic carbocycles. The molecule has 4 nitrogen and oxygen atoms in total. The topological polar surface area (TPSA) is 37.4 Å². The monoisotopic (exact) mass is 271 g/mol. The highest BCUT2D eigenvalue weighted by atomic mass is 32.1. The van der Waals surface area contributed by atoms with Gasteiger partial charge in [0.2, 0.25) is 0 Å². The summed E-state index contributed by atoms with van der Waals surface area (Å²) in [5.74, 6) is 0. The fourth-order valence-corrected chi connectivity index (χ4v) is 2.68. The highest BCUT2D eigenvalue weighted by molar-refractivity contribution is 7.15. The molecule has 1 aromatic rings. The van der Waals surface area contributed by atoms with Crippen molar-refractivity contribution in [2.45, 2.75) is 39.8 Å². The van der Waals surface area contributed by atoms with Gasteiger partial charge in [-0.15, -0.1) is 11.3 Å². The second kappa shape index (κ2) is 8.45. The lowest BCUT2D eigenvalue weighted by atomic mass is 10.3. The smallest absolute Gasteiger partial charge is 0.182 e. The molecule has 0 saturated heterocycles. The molecule has 0 amide bonds. The van der Waals surface area contributed by atoms with Crippen LogP contribution in [0.3, 0.4) is 0 Å². The zero-order chi connectivity index (χ0) is 13.4. The van der Waals surface area contributed by atoms with Gasteiger partial charge in [-0.3, -0.25) is 4.90 Å². The van der Waals surface area contributed by atoms with Gasteiger partial charge in [0.15, 0.2) is 5.13 Å². The molecule has 1 rings (SSSR count). The molecule has 18 heavy (non-hydrogen) atoms. The molecule has 1 unspecified atom stereocenters. The van der Waals surface area contributed by atoms with E-state index in [1.165, 1.54) is 4.88 Å². The standard InChI is InChI=1S/C13H25N3OS/c1-5-7-14-13-15-8-12(18-13)9-16(6-2)11(3)10-17-4/h8,11H,5-7,9-10H2,1-4H3,(H,14,15). The van der Waals surface area contributed by atoms with Crippen molar-refractivity contribution in [2.24, 2.45) is 0 Å². The van der Waals surface area contributed by atoms with Crippen LogP contribution in [0.5, 0.6) is 0 Å². The number of nitrogens with zero attached hydrogens (tertiary/aromatic N) is 2. The van der Waals surface area contributed by atoms with E-state index in [2.05, 4.69) is 36.0 Å². The van der Waals surface area contributed by atoms with E-state index in [9.17, 15) is 0 Å². The Morgan fingerprint density at radius 3 is 2.89 bits per heavy atom. The number of rotatable bonds is 9. The lowest BCUT2D eigenvalue weighted by Crippen LogP contribution is -2.35. The first kappa shape index (κ1) is 15.4. The Balaban J connectivity index is 2.50. The van der Waals surface area contributed by atoms with Gasteiger partial charge in [0.25, 0.3) is 0 Å². The van der Waals surface area contributed by atoms with Gasteiger partial charge in [-0.05, 0) is 19.9 Å². The fourth-order valence-electron chi connectivity index (χ4n) is 1.82. The van der Waals surface area contributed by atoms with Crippen molar-refractivity contribution in [3.05, 3.63) is 11.1 Å². The number of thiazole rings is 1. The van der Waals surface area contributed by atoms with Crippen molar-refractivity contribution in [1.29, 1.82) is 0 Å². The maximum atomic E-state index is 5.22. The van der Waals surface area contributed by atoms with E-state index in [0.717, 1.165) is 37.8 Å². The Labute approximate surface area is 114 Å². The van der Waals surface area contributed by atoms with Crippen LogP contribution in [-0.2, 0) is 11.3 Å². The normalized spacial score (nSPS) is 12.9. The zero-order valence-electron chi connectivity index (χ0n) is 11.9. The molecular weight excluding hydrogens is 246 g/mol. The predicted octanol–water partition coefficient (Wildman–Crippen LogP) is 2.82. The zero-order valence-corrected chi connectivity index (χ0v) is 12.7. The van der Waals surface area contributed by atoms with E-state index in [4.69, 9.17) is 4.74 Å². The van der Waals surface area contributed by atoms with E-state index >= 15 is 0 Å². The van der Waals surface area contributed by atoms with Crippen molar-refractivity contribution in [2.75, 3.05) is 32.1 Å². The molecule has 1 aromatic heterocycles. The van der Waals surface area contributed by atoms with Gasteiger partial charge in [0.1, 0.15) is 0 Å². The first-order valence-corrected chi connectivity index (χ1v) is 7.44. The molecule has 0 saturated carbocycles. The number of anilines is 1. The van der Waals surface area contributed by atoms with E-state index in [-0.39, 0.29) is 0 Å². The highest BCUT2D eigenvalue weighted by Crippen LogP contribution is 2.20. The molecular formula is C13H25N3OS. The molecule has 5 heteroatoms. The lowest BCUT2D eigenvalue weighted by Gasteiger charge is -2.26. The van der Waals surface area contributed by atoms with Crippen LogP contribution in [0.2, 0.25) is 0 Å². The Hall–Kier alpha value is -0.650. The SMILES string of the molecule is CCCNc1ncc(CN(CC)C(C)COC)s1. The van der Waals surface area contributed by atoms with Crippen LogP contribution in [-0.4, -0.2) is 42.7 Å². The summed E-state index contributed by atoms with van der Waals surface area (Å²) in [5.41, 5.74) is 0. The van der Waals surface area contributed by atoms with Gasteiger partial charge >= 0.3 is 0 Å². The van der Waals surface area contributed by atoms with Gasteiger partial charge < -0.3 is 10.1 Å². The average Bonchev–Trinajstić information content (AvgIpc) is 2.81. The summed E-state index contributed by atoms with van der Waals surface area (Å²) in [5, 5.41) is 4.35. The summed E-state index contributed by atoms with van der Waals surface area (Å²) >= 11 is 1.75. The molecule has 104 valence electrons. The molecule has 1 N–H and O–H groups in total. The van der Waals surface area contributed by atoms with E-state index in [1.807, 2.05) is 6.20 Å². The third kappa shape index (κ3) is 4.92. The Bertz CT molecular complexity index is 330. The number of hydrogen-bond acceptors (Lipinski definition) is 5. The van der Waals surface area contributed by atoms with Gasteiger partial charge in [-0.2, -0.15) is 0 Å². The Morgan fingerprint density at radius 2 is 2.28 bits per heavy atom. The largest absolute Gasteiger partial charge is 0.383 e. The van der Waals surface area contributed by atoms with Crippen LogP contribution < -0.4 is 5.32 Å². The quantitative estimate of drug-likeness (QED) is 0.749. The first-order valence-electron chi connectivity index (χ1n) is 6.62. The minimum Gasteiger partial charge on any atom is -0.383 e. The van der Waals surface area contributed by atoms with Gasteiger partial charge in [-0.1, -0.05) is 13.8 Å². The van der Waals surface area contributed by atoms with Crippen molar-refractivity contribution >= 4 is 16.5 Å². The lowest BCUT2D eigenvalue weighted by molar-refractivity contribution is 0.0988. The van der Waals surface area contributed by atoms with E-state index in [1.54, 1.807) is 18.4 Å². The predicted molar refractivity (Wildman–Crippen MR) is 78.3 cm³/mol. The van der Waals surface area contributed by atoms with Crippen LogP contribution in [0, 0.1) is 0 Å². The summed E-state index contributed by atoms with van der Waals surface area (Å²) in [6, 6.07) is 0.439. The van der Waals surface area contributed by atoms with Crippen molar-refractivity contribution < 1.29 is 4.74 Å². The number of ether oxygens (including phenoxy) is 1. The van der Waals surface area contributed by atoms with Crippen molar-refractivity contribution in [3.63, 3.8) is 0 Å². The third-order valence-electron chi connectivity index (χ3n) is 2.88. The molecule has 1 atom stereocenters. The molecule has 0 fully saturated rings. The van der Waals surface area contributed by atoms with Crippen LogP contribution in [0.1, 0.15) is 32.1 Å². The minimum absolute atomic E-state index is 0.439. The molecule has 0 spiro atoms. The van der Waals surface area contributed by atoms with Gasteiger partial charge in [0, 0.05) is 37.3 Å². The first-order chi connectivity index (χ1) is 8.71. The summed E-state index contributed by atoms with van der Waals surface area (Å²) < 4.78 is 5.22. The molecule has 1 heterocycles. The Morgan fingerprint density at radius 1 is 1.50 bits per heavy atom. The van der Waals surface area contributed by atoms with Crippen LogP contribution in [0.15, 0.2) is 6.20 Å². The van der Waals surface area contributed by atoms with Gasteiger partial charge in [0.05, 0.1) is 6.61 Å².